The van der Waals surface area contributed by atoms with Crippen molar-refractivity contribution in [2.24, 2.45) is 5.92 Å². The summed E-state index contributed by atoms with van der Waals surface area (Å²) in [4.78, 5) is 54.8. The Morgan fingerprint density at radius 1 is 1.30 bits per heavy atom. The Morgan fingerprint density at radius 2 is 2.03 bits per heavy atom. The van der Waals surface area contributed by atoms with Gasteiger partial charge in [0.25, 0.3) is 0 Å². The number of fused-ring (bicyclic) bond motifs is 1. The Bertz CT molecular complexity index is 868. The zero-order valence-corrected chi connectivity index (χ0v) is 17.5. The van der Waals surface area contributed by atoms with Crippen LogP contribution in [0.3, 0.4) is 0 Å². The summed E-state index contributed by atoms with van der Waals surface area (Å²) >= 11 is 0. The number of hydrogen-bond donors (Lipinski definition) is 1. The van der Waals surface area contributed by atoms with Crippen LogP contribution in [-0.4, -0.2) is 66.2 Å². The normalized spacial score (nSPS) is 21.2. The molecule has 0 saturated carbocycles. The lowest BCUT2D eigenvalue weighted by atomic mass is 9.96. The average molecular weight is 412 g/mol. The van der Waals surface area contributed by atoms with Gasteiger partial charge in [-0.2, -0.15) is 0 Å². The number of carbonyl (C=O) groups excluding carboxylic acids is 4. The number of nitrogens with one attached hydrogen (secondary N) is 1. The molecular formula is C22H28N4O4. The molecule has 2 unspecified atom stereocenters. The summed E-state index contributed by atoms with van der Waals surface area (Å²) < 4.78 is 0. The summed E-state index contributed by atoms with van der Waals surface area (Å²) in [5, 5.41) is 2.83. The molecule has 2 atom stereocenters. The summed E-state index contributed by atoms with van der Waals surface area (Å²) in [5.74, 6) is -1.08. The second kappa shape index (κ2) is 9.11. The fourth-order valence-electron chi connectivity index (χ4n) is 4.14. The van der Waals surface area contributed by atoms with Gasteiger partial charge in [0.05, 0.1) is 23.8 Å². The lowest BCUT2D eigenvalue weighted by Crippen LogP contribution is -2.49. The summed E-state index contributed by atoms with van der Waals surface area (Å²) in [7, 11) is 1.60. The molecule has 4 amide bonds. The molecule has 2 heterocycles. The first-order chi connectivity index (χ1) is 14.3. The zero-order chi connectivity index (χ0) is 21.8. The molecule has 0 bridgehead atoms. The van der Waals surface area contributed by atoms with Crippen molar-refractivity contribution in [3.05, 3.63) is 36.9 Å². The van der Waals surface area contributed by atoms with Crippen LogP contribution >= 0.6 is 0 Å². The minimum atomic E-state index is -0.336. The predicted molar refractivity (Wildman–Crippen MR) is 114 cm³/mol. The van der Waals surface area contributed by atoms with E-state index in [2.05, 4.69) is 11.9 Å². The van der Waals surface area contributed by atoms with E-state index in [1.807, 2.05) is 13.0 Å². The molecule has 1 fully saturated rings. The van der Waals surface area contributed by atoms with Gasteiger partial charge in [0, 0.05) is 32.6 Å². The van der Waals surface area contributed by atoms with Gasteiger partial charge in [-0.25, -0.2) is 0 Å². The molecular weight excluding hydrogens is 384 g/mol. The van der Waals surface area contributed by atoms with Crippen LogP contribution in [0.25, 0.3) is 0 Å². The maximum absolute atomic E-state index is 13.2. The Morgan fingerprint density at radius 3 is 2.77 bits per heavy atom. The summed E-state index contributed by atoms with van der Waals surface area (Å²) in [6, 6.07) is 6.82. The van der Waals surface area contributed by atoms with Crippen LogP contribution in [0.5, 0.6) is 0 Å². The van der Waals surface area contributed by atoms with Crippen LogP contribution < -0.4 is 10.2 Å². The first kappa shape index (κ1) is 21.5. The number of rotatable bonds is 4. The average Bonchev–Trinajstić information content (AvgIpc) is 2.86. The summed E-state index contributed by atoms with van der Waals surface area (Å²) in [6.07, 6.45) is 2.86. The van der Waals surface area contributed by atoms with Crippen LogP contribution in [0.15, 0.2) is 36.9 Å². The highest BCUT2D eigenvalue weighted by Crippen LogP contribution is 2.31. The lowest BCUT2D eigenvalue weighted by Gasteiger charge is -2.34. The van der Waals surface area contributed by atoms with E-state index < -0.39 is 0 Å². The molecule has 2 aliphatic heterocycles. The molecule has 1 saturated heterocycles. The van der Waals surface area contributed by atoms with Gasteiger partial charge in [-0.3, -0.25) is 19.2 Å². The molecule has 30 heavy (non-hydrogen) atoms. The number of piperidine rings is 1. The SMILES string of the molecule is C=CC(=O)N1CCCC(C(=O)N(C)CC(=O)N2c3ccccc3NC(=O)CC2C)C1. The molecule has 3 rings (SSSR count). The minimum absolute atomic E-state index is 0.0996. The highest BCUT2D eigenvalue weighted by molar-refractivity contribution is 6.05. The topological polar surface area (TPSA) is 90.0 Å². The molecule has 1 aromatic rings. The number of hydrogen-bond acceptors (Lipinski definition) is 4. The van der Waals surface area contributed by atoms with Crippen LogP contribution in [0, 0.1) is 5.92 Å². The molecule has 8 nitrogen and oxygen atoms in total. The standard InChI is InChI=1S/C22H28N4O4/c1-4-20(28)25-11-7-8-16(13-25)22(30)24(3)14-21(29)26-15(2)12-19(27)23-17-9-5-6-10-18(17)26/h4-6,9-10,15-16H,1,7-8,11-14H2,2-3H3,(H,23,27). The molecule has 1 N–H and O–H groups in total. The molecule has 8 heteroatoms. The second-order valence-corrected chi connectivity index (χ2v) is 7.90. The van der Waals surface area contributed by atoms with Crippen LogP contribution in [0.1, 0.15) is 26.2 Å². The number of para-hydroxylation sites is 2. The zero-order valence-electron chi connectivity index (χ0n) is 17.5. The third-order valence-corrected chi connectivity index (χ3v) is 5.63. The Hall–Kier alpha value is -3.16. The van der Waals surface area contributed by atoms with Crippen LogP contribution in [0.2, 0.25) is 0 Å². The molecule has 2 aliphatic rings. The lowest BCUT2D eigenvalue weighted by molar-refractivity contribution is -0.141. The first-order valence-electron chi connectivity index (χ1n) is 10.2. The van der Waals surface area contributed by atoms with E-state index in [9.17, 15) is 19.2 Å². The third-order valence-electron chi connectivity index (χ3n) is 5.63. The largest absolute Gasteiger partial charge is 0.338 e. The van der Waals surface area contributed by atoms with Crippen molar-refractivity contribution in [1.82, 2.24) is 9.80 Å². The fourth-order valence-corrected chi connectivity index (χ4v) is 4.14. The highest BCUT2D eigenvalue weighted by atomic mass is 16.2. The summed E-state index contributed by atoms with van der Waals surface area (Å²) in [6.45, 7) is 6.17. The van der Waals surface area contributed by atoms with Gasteiger partial charge in [-0.1, -0.05) is 18.7 Å². The Balaban J connectivity index is 1.72. The van der Waals surface area contributed by atoms with Gasteiger partial charge in [0.15, 0.2) is 0 Å². The van der Waals surface area contributed by atoms with E-state index in [4.69, 9.17) is 0 Å². The van der Waals surface area contributed by atoms with E-state index >= 15 is 0 Å². The van der Waals surface area contributed by atoms with Gasteiger partial charge in [-0.15, -0.1) is 0 Å². The smallest absolute Gasteiger partial charge is 0.246 e. The molecule has 160 valence electrons. The molecule has 0 radical (unpaired) electrons. The Labute approximate surface area is 176 Å². The van der Waals surface area contributed by atoms with Crippen molar-refractivity contribution in [2.75, 3.05) is 36.9 Å². The van der Waals surface area contributed by atoms with Gasteiger partial charge in [0.2, 0.25) is 23.6 Å². The first-order valence-corrected chi connectivity index (χ1v) is 10.2. The van der Waals surface area contributed by atoms with Gasteiger partial charge < -0.3 is 20.0 Å². The minimum Gasteiger partial charge on any atom is -0.338 e. The summed E-state index contributed by atoms with van der Waals surface area (Å²) in [5.41, 5.74) is 1.21. The quantitative estimate of drug-likeness (QED) is 0.761. The van der Waals surface area contributed by atoms with Gasteiger partial charge in [-0.05, 0) is 38.0 Å². The molecule has 1 aromatic carbocycles. The fraction of sp³-hybridized carbons (Fsp3) is 0.455. The molecule has 0 spiro atoms. The van der Waals surface area contributed by atoms with Crippen molar-refractivity contribution < 1.29 is 19.2 Å². The van der Waals surface area contributed by atoms with E-state index in [1.54, 1.807) is 35.0 Å². The van der Waals surface area contributed by atoms with Gasteiger partial charge >= 0.3 is 0 Å². The van der Waals surface area contributed by atoms with E-state index in [1.165, 1.54) is 11.0 Å². The number of nitrogens with zero attached hydrogens (tertiary/aromatic N) is 3. The highest BCUT2D eigenvalue weighted by Gasteiger charge is 2.33. The Kier molecular flexibility index (Phi) is 6.54. The van der Waals surface area contributed by atoms with Crippen LogP contribution in [-0.2, 0) is 19.2 Å². The molecule has 0 aliphatic carbocycles. The number of amides is 4. The van der Waals surface area contributed by atoms with E-state index in [0.29, 0.717) is 30.9 Å². The van der Waals surface area contributed by atoms with Crippen LogP contribution in [0.4, 0.5) is 11.4 Å². The monoisotopic (exact) mass is 412 g/mol. The number of likely N-dealkylation sites (N-methyl/N-ethyl adjacent to an activating group) is 1. The van der Waals surface area contributed by atoms with Crippen molar-refractivity contribution in [1.29, 1.82) is 0 Å². The number of anilines is 2. The van der Waals surface area contributed by atoms with Crippen molar-refractivity contribution in [3.8, 4) is 0 Å². The number of benzene rings is 1. The maximum Gasteiger partial charge on any atom is 0.246 e. The predicted octanol–water partition coefficient (Wildman–Crippen LogP) is 1.63. The maximum atomic E-state index is 13.2. The van der Waals surface area contributed by atoms with Crippen molar-refractivity contribution in [2.45, 2.75) is 32.2 Å². The van der Waals surface area contributed by atoms with E-state index in [-0.39, 0.29) is 48.6 Å². The second-order valence-electron chi connectivity index (χ2n) is 7.90. The van der Waals surface area contributed by atoms with Crippen molar-refractivity contribution in [3.63, 3.8) is 0 Å². The van der Waals surface area contributed by atoms with E-state index in [0.717, 1.165) is 6.42 Å². The van der Waals surface area contributed by atoms with Gasteiger partial charge in [0.1, 0.15) is 0 Å². The van der Waals surface area contributed by atoms with Crippen molar-refractivity contribution >= 4 is 35.0 Å². The third kappa shape index (κ3) is 4.53. The number of carbonyl (C=O) groups is 4. The molecule has 0 aromatic heterocycles. The number of likely N-dealkylation sites (tertiary alicyclic amines) is 1.